The number of hydrogen-bond acceptors (Lipinski definition) is 3. The first-order chi connectivity index (χ1) is 17.0. The second kappa shape index (κ2) is 9.77. The van der Waals surface area contributed by atoms with Crippen LogP contribution in [0.1, 0.15) is 23.6 Å². The van der Waals surface area contributed by atoms with Crippen LogP contribution in [0.5, 0.6) is 5.75 Å². The third-order valence-corrected chi connectivity index (χ3v) is 5.98. The Morgan fingerprint density at radius 3 is 2.36 bits per heavy atom. The zero-order chi connectivity index (χ0) is 26.1. The molecule has 0 aromatic heterocycles. The number of benzene rings is 3. The molecule has 36 heavy (non-hydrogen) atoms. The van der Waals surface area contributed by atoms with Gasteiger partial charge in [0.15, 0.2) is 0 Å². The topological polar surface area (TPSA) is 53.9 Å². The fourth-order valence-corrected chi connectivity index (χ4v) is 4.12. The fraction of sp³-hybridized carbons (Fsp3) is 0.200. The van der Waals surface area contributed by atoms with E-state index < -0.39 is 35.5 Å². The number of amides is 2. The molecular formula is C25H19ClF5N3O2. The summed E-state index contributed by atoms with van der Waals surface area (Å²) in [6.45, 7) is -1.45. The highest BCUT2D eigenvalue weighted by atomic mass is 35.5. The van der Waals surface area contributed by atoms with Crippen molar-refractivity contribution in [1.82, 2.24) is 5.01 Å². The standard InChI is InChI=1S/C25H19ClF5N3O2/c1-24(16-5-3-2-4-6-16)14-34(33-21(24)15-7-9-17(26)10-8-15)23(35)32-18-11-12-19(25(29,30)31)20(13-18)36-22(27)28/h2-13,22H,14H2,1H3,(H,32,35). The zero-order valence-electron chi connectivity index (χ0n) is 18.7. The number of anilines is 1. The molecule has 11 heteroatoms. The average Bonchev–Trinajstić information content (AvgIpc) is 3.18. The van der Waals surface area contributed by atoms with Gasteiger partial charge in [-0.15, -0.1) is 0 Å². The van der Waals surface area contributed by atoms with Crippen molar-refractivity contribution < 1.29 is 31.5 Å². The molecule has 0 radical (unpaired) electrons. The minimum Gasteiger partial charge on any atom is -0.434 e. The zero-order valence-corrected chi connectivity index (χ0v) is 19.4. The molecule has 188 valence electrons. The number of halogens is 6. The van der Waals surface area contributed by atoms with Crippen molar-refractivity contribution in [2.24, 2.45) is 5.10 Å². The summed E-state index contributed by atoms with van der Waals surface area (Å²) in [4.78, 5) is 13.1. The van der Waals surface area contributed by atoms with E-state index in [4.69, 9.17) is 11.6 Å². The first kappa shape index (κ1) is 25.4. The molecule has 0 aliphatic carbocycles. The molecule has 0 saturated heterocycles. The van der Waals surface area contributed by atoms with Gasteiger partial charge in [0.1, 0.15) is 5.75 Å². The van der Waals surface area contributed by atoms with Gasteiger partial charge in [0, 0.05) is 16.8 Å². The Balaban J connectivity index is 1.65. The fourth-order valence-electron chi connectivity index (χ4n) is 3.99. The van der Waals surface area contributed by atoms with Gasteiger partial charge in [-0.3, -0.25) is 0 Å². The number of rotatable bonds is 5. The smallest absolute Gasteiger partial charge is 0.419 e. The van der Waals surface area contributed by atoms with Gasteiger partial charge in [0.2, 0.25) is 0 Å². The number of hydrogen-bond donors (Lipinski definition) is 1. The highest BCUT2D eigenvalue weighted by Gasteiger charge is 2.43. The molecule has 4 rings (SSSR count). The third-order valence-electron chi connectivity index (χ3n) is 5.73. The Bertz CT molecular complexity index is 1280. The summed E-state index contributed by atoms with van der Waals surface area (Å²) < 4.78 is 68.9. The number of nitrogens with zero attached hydrogens (tertiary/aromatic N) is 2. The number of alkyl halides is 5. The van der Waals surface area contributed by atoms with Crippen molar-refractivity contribution in [2.75, 3.05) is 11.9 Å². The van der Waals surface area contributed by atoms with Crippen LogP contribution >= 0.6 is 11.6 Å². The maximum Gasteiger partial charge on any atom is 0.419 e. The number of carbonyl (C=O) groups is 1. The second-order valence-corrected chi connectivity index (χ2v) is 8.67. The molecule has 0 bridgehead atoms. The van der Waals surface area contributed by atoms with Crippen LogP contribution in [0.3, 0.4) is 0 Å². The van der Waals surface area contributed by atoms with Crippen molar-refractivity contribution in [3.8, 4) is 5.75 Å². The summed E-state index contributed by atoms with van der Waals surface area (Å²) in [6, 6.07) is 17.8. The van der Waals surface area contributed by atoms with Crippen molar-refractivity contribution in [1.29, 1.82) is 0 Å². The first-order valence-electron chi connectivity index (χ1n) is 10.6. The molecule has 5 nitrogen and oxygen atoms in total. The lowest BCUT2D eigenvalue weighted by molar-refractivity contribution is -0.141. The SMILES string of the molecule is CC1(c2ccccc2)CN(C(=O)Nc2ccc(C(F)(F)F)c(OC(F)F)c2)N=C1c1ccc(Cl)cc1. The van der Waals surface area contributed by atoms with Crippen molar-refractivity contribution in [3.05, 3.63) is 94.5 Å². The molecule has 1 N–H and O–H groups in total. The predicted octanol–water partition coefficient (Wildman–Crippen LogP) is 7.17. The van der Waals surface area contributed by atoms with Crippen LogP contribution in [0, 0.1) is 0 Å². The molecule has 2 amide bonds. The largest absolute Gasteiger partial charge is 0.434 e. The number of carbonyl (C=O) groups excluding carboxylic acids is 1. The minimum absolute atomic E-state index is 0.113. The molecule has 0 spiro atoms. The number of urea groups is 1. The van der Waals surface area contributed by atoms with Gasteiger partial charge in [-0.2, -0.15) is 27.1 Å². The van der Waals surface area contributed by atoms with Crippen LogP contribution in [-0.4, -0.2) is 29.9 Å². The summed E-state index contributed by atoms with van der Waals surface area (Å²) in [5.74, 6) is -1.10. The normalized spacial score (nSPS) is 17.8. The second-order valence-electron chi connectivity index (χ2n) is 8.23. The monoisotopic (exact) mass is 523 g/mol. The van der Waals surface area contributed by atoms with E-state index in [9.17, 15) is 26.7 Å². The van der Waals surface area contributed by atoms with Crippen LogP contribution in [0.2, 0.25) is 5.02 Å². The number of hydrazone groups is 1. The van der Waals surface area contributed by atoms with E-state index in [1.54, 1.807) is 24.3 Å². The van der Waals surface area contributed by atoms with E-state index >= 15 is 0 Å². The van der Waals surface area contributed by atoms with E-state index in [0.29, 0.717) is 22.9 Å². The average molecular weight is 524 g/mol. The van der Waals surface area contributed by atoms with Gasteiger partial charge in [-0.05, 0) is 42.3 Å². The highest BCUT2D eigenvalue weighted by molar-refractivity contribution is 6.30. The lowest BCUT2D eigenvalue weighted by Crippen LogP contribution is -2.38. The van der Waals surface area contributed by atoms with Gasteiger partial charge in [-0.1, -0.05) is 54.1 Å². The quantitative estimate of drug-likeness (QED) is 0.360. The maximum atomic E-state index is 13.2. The Labute approximate surface area is 208 Å². The van der Waals surface area contributed by atoms with E-state index in [1.807, 2.05) is 37.3 Å². The van der Waals surface area contributed by atoms with Crippen LogP contribution in [0.4, 0.5) is 32.4 Å². The molecule has 1 heterocycles. The van der Waals surface area contributed by atoms with Crippen LogP contribution in [0.15, 0.2) is 77.9 Å². The molecule has 3 aromatic rings. The van der Waals surface area contributed by atoms with E-state index in [1.165, 1.54) is 0 Å². The van der Waals surface area contributed by atoms with Gasteiger partial charge in [0.25, 0.3) is 0 Å². The van der Waals surface area contributed by atoms with E-state index in [2.05, 4.69) is 15.2 Å². The van der Waals surface area contributed by atoms with Gasteiger partial charge in [0.05, 0.1) is 23.2 Å². The van der Waals surface area contributed by atoms with Crippen molar-refractivity contribution in [3.63, 3.8) is 0 Å². The molecular weight excluding hydrogens is 505 g/mol. The van der Waals surface area contributed by atoms with Crippen LogP contribution < -0.4 is 10.1 Å². The Morgan fingerprint density at radius 1 is 1.08 bits per heavy atom. The van der Waals surface area contributed by atoms with Crippen LogP contribution in [0.25, 0.3) is 0 Å². The molecule has 0 saturated carbocycles. The maximum absolute atomic E-state index is 13.2. The van der Waals surface area contributed by atoms with Gasteiger partial charge in [-0.25, -0.2) is 9.80 Å². The lowest BCUT2D eigenvalue weighted by atomic mass is 9.76. The molecule has 0 fully saturated rings. The van der Waals surface area contributed by atoms with Gasteiger partial charge < -0.3 is 10.1 Å². The van der Waals surface area contributed by atoms with Crippen molar-refractivity contribution in [2.45, 2.75) is 25.1 Å². The van der Waals surface area contributed by atoms with E-state index in [0.717, 1.165) is 22.2 Å². The number of nitrogens with one attached hydrogen (secondary N) is 1. The molecule has 3 aromatic carbocycles. The molecule has 1 atom stereocenters. The Hall–Kier alpha value is -3.66. The summed E-state index contributed by atoms with van der Waals surface area (Å²) in [7, 11) is 0. The van der Waals surface area contributed by atoms with Crippen molar-refractivity contribution >= 4 is 29.0 Å². The number of ether oxygens (including phenoxy) is 1. The predicted molar refractivity (Wildman–Crippen MR) is 126 cm³/mol. The molecule has 1 unspecified atom stereocenters. The summed E-state index contributed by atoms with van der Waals surface area (Å²) >= 11 is 6.02. The molecule has 1 aliphatic rings. The molecule has 1 aliphatic heterocycles. The Kier molecular flexibility index (Phi) is 6.90. The summed E-state index contributed by atoms with van der Waals surface area (Å²) in [5.41, 5.74) is -0.0906. The van der Waals surface area contributed by atoms with Crippen LogP contribution in [-0.2, 0) is 11.6 Å². The van der Waals surface area contributed by atoms with E-state index in [-0.39, 0.29) is 12.2 Å². The Morgan fingerprint density at radius 2 is 1.75 bits per heavy atom. The first-order valence-corrected chi connectivity index (χ1v) is 11.0. The summed E-state index contributed by atoms with van der Waals surface area (Å²) in [5, 5.41) is 8.58. The summed E-state index contributed by atoms with van der Waals surface area (Å²) in [6.07, 6.45) is -4.92. The third kappa shape index (κ3) is 5.28. The minimum atomic E-state index is -4.92. The lowest BCUT2D eigenvalue weighted by Gasteiger charge is -2.27. The van der Waals surface area contributed by atoms with Gasteiger partial charge >= 0.3 is 18.8 Å². The highest BCUT2D eigenvalue weighted by Crippen LogP contribution is 2.39.